The fourth-order valence-corrected chi connectivity index (χ4v) is 6.38. The van der Waals surface area contributed by atoms with Crippen LogP contribution in [0.1, 0.15) is 22.3 Å². The third-order valence-corrected chi connectivity index (χ3v) is 7.64. The van der Waals surface area contributed by atoms with Crippen molar-refractivity contribution in [2.75, 3.05) is 0 Å². The highest BCUT2D eigenvalue weighted by molar-refractivity contribution is 6.18. The Bertz CT molecular complexity index is 1750. The molecule has 0 fully saturated rings. The third-order valence-electron chi connectivity index (χ3n) is 7.64. The van der Waals surface area contributed by atoms with E-state index in [1.807, 2.05) is 0 Å². The van der Waals surface area contributed by atoms with Crippen LogP contribution >= 0.6 is 0 Å². The number of benzene rings is 5. The van der Waals surface area contributed by atoms with Gasteiger partial charge in [-0.2, -0.15) is 0 Å². The smallest absolute Gasteiger partial charge is 0.0585 e. The van der Waals surface area contributed by atoms with Crippen LogP contribution in [0.3, 0.4) is 0 Å². The van der Waals surface area contributed by atoms with Gasteiger partial charge in [-0.25, -0.2) is 0 Å². The van der Waals surface area contributed by atoms with Crippen LogP contribution in [0.2, 0.25) is 0 Å². The zero-order chi connectivity index (χ0) is 21.5. The molecule has 0 unspecified atom stereocenters. The number of nitrogens with zero attached hydrogens (tertiary/aromatic N) is 1. The highest BCUT2D eigenvalue weighted by Crippen LogP contribution is 2.54. The predicted octanol–water partition coefficient (Wildman–Crippen LogP) is 7.93. The lowest BCUT2D eigenvalue weighted by atomic mass is 9.90. The topological polar surface area (TPSA) is 4.93 Å². The van der Waals surface area contributed by atoms with Crippen LogP contribution in [0.25, 0.3) is 49.7 Å². The molecule has 8 rings (SSSR count). The summed E-state index contributed by atoms with van der Waals surface area (Å²) in [6.07, 6.45) is 1.99. The minimum Gasteiger partial charge on any atom is -0.309 e. The van der Waals surface area contributed by atoms with Crippen molar-refractivity contribution in [2.24, 2.45) is 0 Å². The fraction of sp³-hybridized carbons (Fsp3) is 0.0625. The summed E-state index contributed by atoms with van der Waals surface area (Å²) in [7, 11) is 0. The zero-order valence-corrected chi connectivity index (χ0v) is 18.2. The van der Waals surface area contributed by atoms with Crippen LogP contribution < -0.4 is 0 Å². The number of fused-ring (bicyclic) bond motifs is 12. The van der Waals surface area contributed by atoms with E-state index in [1.54, 1.807) is 0 Å². The summed E-state index contributed by atoms with van der Waals surface area (Å²) in [6.45, 7) is 0. The largest absolute Gasteiger partial charge is 0.309 e. The van der Waals surface area contributed by atoms with Gasteiger partial charge in [-0.15, -0.1) is 0 Å². The van der Waals surface area contributed by atoms with E-state index >= 15 is 0 Å². The molecule has 1 aromatic heterocycles. The van der Waals surface area contributed by atoms with Crippen molar-refractivity contribution < 1.29 is 0 Å². The van der Waals surface area contributed by atoms with Crippen LogP contribution in [0.15, 0.2) is 103 Å². The minimum absolute atomic E-state index is 0.987. The van der Waals surface area contributed by atoms with Gasteiger partial charge in [0.05, 0.1) is 11.0 Å². The molecule has 0 saturated heterocycles. The zero-order valence-electron chi connectivity index (χ0n) is 18.2. The van der Waals surface area contributed by atoms with Gasteiger partial charge in [-0.1, -0.05) is 84.9 Å². The van der Waals surface area contributed by atoms with Crippen LogP contribution in [0.5, 0.6) is 0 Å². The Balaban J connectivity index is 1.65. The lowest BCUT2D eigenvalue weighted by molar-refractivity contribution is 1.15. The lowest BCUT2D eigenvalue weighted by Crippen LogP contribution is -1.98. The molecule has 2 aliphatic carbocycles. The van der Waals surface area contributed by atoms with Crippen molar-refractivity contribution in [3.63, 3.8) is 0 Å². The molecule has 5 aromatic carbocycles. The maximum Gasteiger partial charge on any atom is 0.0585 e. The first-order valence-corrected chi connectivity index (χ1v) is 11.7. The molecule has 0 amide bonds. The molecule has 1 heteroatoms. The number of para-hydroxylation sites is 2. The molecule has 0 aliphatic heterocycles. The molecule has 2 aliphatic rings. The van der Waals surface area contributed by atoms with Gasteiger partial charge in [0, 0.05) is 22.9 Å². The van der Waals surface area contributed by atoms with Gasteiger partial charge in [0.2, 0.25) is 0 Å². The molecule has 1 heterocycles. The second-order valence-electron chi connectivity index (χ2n) is 9.29. The molecule has 0 atom stereocenters. The van der Waals surface area contributed by atoms with Gasteiger partial charge in [0.1, 0.15) is 0 Å². The van der Waals surface area contributed by atoms with Crippen molar-refractivity contribution in [1.29, 1.82) is 0 Å². The van der Waals surface area contributed by atoms with E-state index in [2.05, 4.69) is 108 Å². The standard InChI is InChI=1S/C32H21N/c1-2-12-22(13-3-1)33-28-17-9-8-16-25(28)31-26-18-20-10-4-6-14-23(20)29(26)30-24-15-7-5-11-21(24)19-27(30)32(31)33/h1-17H,18-19H2. The molecule has 1 nitrogen and oxygen atoms in total. The summed E-state index contributed by atoms with van der Waals surface area (Å²) < 4.78 is 2.51. The highest BCUT2D eigenvalue weighted by atomic mass is 15.0. The molecule has 0 radical (unpaired) electrons. The summed E-state index contributed by atoms with van der Waals surface area (Å²) >= 11 is 0. The van der Waals surface area contributed by atoms with Gasteiger partial charge >= 0.3 is 0 Å². The monoisotopic (exact) mass is 419 g/mol. The van der Waals surface area contributed by atoms with Crippen LogP contribution in [0, 0.1) is 0 Å². The van der Waals surface area contributed by atoms with Crippen molar-refractivity contribution in [3.8, 4) is 27.9 Å². The van der Waals surface area contributed by atoms with Crippen LogP contribution in [0.4, 0.5) is 0 Å². The van der Waals surface area contributed by atoms with Crippen molar-refractivity contribution in [2.45, 2.75) is 12.8 Å². The van der Waals surface area contributed by atoms with Crippen LogP contribution in [-0.2, 0) is 12.8 Å². The van der Waals surface area contributed by atoms with Crippen molar-refractivity contribution >= 4 is 21.8 Å². The van der Waals surface area contributed by atoms with Gasteiger partial charge in [0.25, 0.3) is 0 Å². The molecular weight excluding hydrogens is 398 g/mol. The average molecular weight is 420 g/mol. The van der Waals surface area contributed by atoms with Gasteiger partial charge in [-0.3, -0.25) is 0 Å². The first kappa shape index (κ1) is 17.5. The van der Waals surface area contributed by atoms with Crippen molar-refractivity contribution in [1.82, 2.24) is 4.57 Å². The second kappa shape index (κ2) is 6.24. The Morgan fingerprint density at radius 1 is 0.515 bits per heavy atom. The van der Waals surface area contributed by atoms with Gasteiger partial charge in [-0.05, 0) is 69.1 Å². The molecule has 0 saturated carbocycles. The summed E-state index contributed by atoms with van der Waals surface area (Å²) in [4.78, 5) is 0. The number of hydrogen-bond acceptors (Lipinski definition) is 0. The minimum atomic E-state index is 0.987. The summed E-state index contributed by atoms with van der Waals surface area (Å²) in [5.74, 6) is 0. The first-order valence-electron chi connectivity index (χ1n) is 11.7. The summed E-state index contributed by atoms with van der Waals surface area (Å²) in [5, 5.41) is 2.80. The maximum absolute atomic E-state index is 2.51. The Labute approximate surface area is 192 Å². The molecular formula is C32H21N. The predicted molar refractivity (Wildman–Crippen MR) is 137 cm³/mol. The lowest BCUT2D eigenvalue weighted by Gasteiger charge is -2.15. The maximum atomic E-state index is 2.51. The molecule has 0 bridgehead atoms. The van der Waals surface area contributed by atoms with Crippen LogP contribution in [-0.4, -0.2) is 4.57 Å². The van der Waals surface area contributed by atoms with E-state index < -0.39 is 0 Å². The average Bonchev–Trinajstić information content (AvgIpc) is 3.53. The van der Waals surface area contributed by atoms with Crippen molar-refractivity contribution in [3.05, 3.63) is 125 Å². The number of hydrogen-bond donors (Lipinski definition) is 0. The molecule has 154 valence electrons. The number of rotatable bonds is 1. The summed E-state index contributed by atoms with van der Waals surface area (Å²) in [6, 6.07) is 37.9. The normalized spacial score (nSPS) is 13.2. The molecule has 33 heavy (non-hydrogen) atoms. The Kier molecular flexibility index (Phi) is 3.30. The highest BCUT2D eigenvalue weighted by Gasteiger charge is 2.34. The second-order valence-corrected chi connectivity index (χ2v) is 9.29. The van der Waals surface area contributed by atoms with E-state index in [0.29, 0.717) is 0 Å². The van der Waals surface area contributed by atoms with E-state index in [0.717, 1.165) is 12.8 Å². The molecule has 0 N–H and O–H groups in total. The van der Waals surface area contributed by atoms with E-state index in [-0.39, 0.29) is 0 Å². The fourth-order valence-electron chi connectivity index (χ4n) is 6.38. The third kappa shape index (κ3) is 2.17. The Morgan fingerprint density at radius 2 is 1.09 bits per heavy atom. The summed E-state index contributed by atoms with van der Waals surface area (Å²) in [5.41, 5.74) is 15.5. The Hall–Kier alpha value is -4.10. The SMILES string of the molecule is c1ccc(-n2c3ccccc3c3c4c(c5c(c32)Cc2ccccc2-5)-c2ccccc2C4)cc1. The first-order chi connectivity index (χ1) is 16.4. The van der Waals surface area contributed by atoms with Gasteiger partial charge < -0.3 is 4.57 Å². The van der Waals surface area contributed by atoms with E-state index in [9.17, 15) is 0 Å². The van der Waals surface area contributed by atoms with E-state index in [4.69, 9.17) is 0 Å². The van der Waals surface area contributed by atoms with E-state index in [1.165, 1.54) is 72.0 Å². The van der Waals surface area contributed by atoms with Gasteiger partial charge in [0.15, 0.2) is 0 Å². The number of aromatic nitrogens is 1. The molecule has 6 aromatic rings. The Morgan fingerprint density at radius 3 is 1.85 bits per heavy atom. The molecule has 0 spiro atoms. The quantitative estimate of drug-likeness (QED) is 0.255.